The first kappa shape index (κ1) is 33.5. The quantitative estimate of drug-likeness (QED) is 0.246. The normalized spacial score (nSPS) is 24.6. The Labute approximate surface area is 288 Å². The van der Waals surface area contributed by atoms with E-state index in [4.69, 9.17) is 41.0 Å². The lowest BCUT2D eigenvalue weighted by Gasteiger charge is -2.28. The van der Waals surface area contributed by atoms with Crippen molar-refractivity contribution in [1.29, 1.82) is 0 Å². The van der Waals surface area contributed by atoms with Gasteiger partial charge >= 0.3 is 10.4 Å². The zero-order valence-electron chi connectivity index (χ0n) is 26.2. The molecule has 47 heavy (non-hydrogen) atoms. The molecule has 4 aliphatic carbocycles. The Hall–Kier alpha value is -3.39. The first-order valence-corrected chi connectivity index (χ1v) is 18.6. The van der Waals surface area contributed by atoms with E-state index < -0.39 is 22.6 Å². The summed E-state index contributed by atoms with van der Waals surface area (Å²) in [6, 6.07) is 18.6. The van der Waals surface area contributed by atoms with Crippen LogP contribution in [0.1, 0.15) is 64.2 Å². The van der Waals surface area contributed by atoms with Gasteiger partial charge in [0.2, 0.25) is 0 Å². The highest BCUT2D eigenvalue weighted by molar-refractivity contribution is 7.82. The number of rotatable bonds is 10. The molecule has 0 aliphatic heterocycles. The lowest BCUT2D eigenvalue weighted by molar-refractivity contribution is 0.258. The molecule has 6 nitrogen and oxygen atoms in total. The van der Waals surface area contributed by atoms with E-state index in [1.54, 1.807) is 24.3 Å². The van der Waals surface area contributed by atoms with Crippen molar-refractivity contribution in [2.75, 3.05) is 0 Å². The molecule has 9 heteroatoms. The van der Waals surface area contributed by atoms with Crippen LogP contribution >= 0.6 is 23.2 Å². The van der Waals surface area contributed by atoms with Crippen LogP contribution in [0.4, 0.5) is 0 Å². The summed E-state index contributed by atoms with van der Waals surface area (Å²) in [6.07, 6.45) is 21.2. The summed E-state index contributed by atoms with van der Waals surface area (Å²) in [5.74, 6) is 1.84. The molecule has 6 rings (SSSR count). The van der Waals surface area contributed by atoms with Gasteiger partial charge in [-0.25, -0.2) is 0 Å². The number of hydrogen-bond acceptors (Lipinski definition) is 6. The van der Waals surface area contributed by atoms with E-state index in [0.717, 1.165) is 36.8 Å². The van der Waals surface area contributed by atoms with Gasteiger partial charge in [-0.1, -0.05) is 122 Å². The Morgan fingerprint density at radius 1 is 0.553 bits per heavy atom. The molecule has 2 aromatic rings. The molecule has 2 saturated carbocycles. The third-order valence-electron chi connectivity index (χ3n) is 8.92. The van der Waals surface area contributed by atoms with Crippen molar-refractivity contribution in [3.8, 4) is 11.5 Å². The molecular formula is C38H40Cl2O6S. The van der Waals surface area contributed by atoms with Gasteiger partial charge in [-0.15, -0.1) is 8.42 Å². The maximum Gasteiger partial charge on any atom is 0.501 e. The molecule has 4 aliphatic rings. The van der Waals surface area contributed by atoms with Crippen molar-refractivity contribution in [2.24, 2.45) is 11.8 Å². The van der Waals surface area contributed by atoms with Crippen molar-refractivity contribution in [3.63, 3.8) is 0 Å². The first-order chi connectivity index (χ1) is 22.8. The van der Waals surface area contributed by atoms with Crippen molar-refractivity contribution >= 4 is 33.6 Å². The highest BCUT2D eigenvalue weighted by Crippen LogP contribution is 2.38. The molecule has 0 spiro atoms. The molecule has 0 heterocycles. The van der Waals surface area contributed by atoms with Crippen LogP contribution in [0.2, 0.25) is 0 Å². The fraction of sp³-hybridized carbons (Fsp3) is 0.368. The molecule has 0 N–H and O–H groups in total. The molecule has 0 radical (unpaired) electrons. The van der Waals surface area contributed by atoms with E-state index in [1.165, 1.54) is 38.5 Å². The Morgan fingerprint density at radius 3 is 1.32 bits per heavy atom. The summed E-state index contributed by atoms with van der Waals surface area (Å²) in [4.78, 5) is 0. The minimum Gasteiger partial charge on any atom is -0.480 e. The molecule has 2 fully saturated rings. The summed E-state index contributed by atoms with van der Waals surface area (Å²) in [7, 11) is -4.67. The molecule has 0 amide bonds. The van der Waals surface area contributed by atoms with Gasteiger partial charge < -0.3 is 17.8 Å². The van der Waals surface area contributed by atoms with E-state index in [9.17, 15) is 8.42 Å². The van der Waals surface area contributed by atoms with Crippen LogP contribution in [0, 0.1) is 11.8 Å². The predicted molar refractivity (Wildman–Crippen MR) is 186 cm³/mol. The maximum absolute atomic E-state index is 13.4. The molecule has 2 unspecified atom stereocenters. The lowest BCUT2D eigenvalue weighted by Crippen LogP contribution is -2.26. The van der Waals surface area contributed by atoms with Gasteiger partial charge in [0.1, 0.15) is 21.6 Å². The van der Waals surface area contributed by atoms with Crippen molar-refractivity contribution < 1.29 is 26.3 Å². The van der Waals surface area contributed by atoms with E-state index in [1.807, 2.05) is 60.7 Å². The Morgan fingerprint density at radius 2 is 0.936 bits per heavy atom. The highest BCUT2D eigenvalue weighted by Gasteiger charge is 2.33. The standard InChI is InChI=1S/C38H40Cl2O6S/c39-35-33(23-21-29(25-27-13-5-1-6-14-27)37(35)43-31-17-9-3-10-18-31)45-47(41,42)46-34-24-22-30(26-28-15-7-2-8-16-28)38(36(34)40)44-32-19-11-4-12-20-32/h3-4,9-12,17-28,37-38H,1-2,5-8,13-16H2. The van der Waals surface area contributed by atoms with Gasteiger partial charge in [0.15, 0.2) is 23.7 Å². The van der Waals surface area contributed by atoms with Crippen LogP contribution < -0.4 is 9.47 Å². The van der Waals surface area contributed by atoms with Crippen LogP contribution in [0.3, 0.4) is 0 Å². The smallest absolute Gasteiger partial charge is 0.480 e. The maximum atomic E-state index is 13.4. The Kier molecular flexibility index (Phi) is 11.2. The third kappa shape index (κ3) is 8.95. The molecule has 248 valence electrons. The van der Waals surface area contributed by atoms with Crippen molar-refractivity contribution in [3.05, 3.63) is 130 Å². The van der Waals surface area contributed by atoms with Gasteiger partial charge in [0.05, 0.1) is 0 Å². The van der Waals surface area contributed by atoms with Gasteiger partial charge in [0, 0.05) is 0 Å². The summed E-state index contributed by atoms with van der Waals surface area (Å²) < 4.78 is 50.3. The summed E-state index contributed by atoms with van der Waals surface area (Å²) in [5, 5.41) is 0.209. The average Bonchev–Trinajstić information content (AvgIpc) is 3.09. The molecule has 2 aromatic carbocycles. The second kappa shape index (κ2) is 15.7. The molecular weight excluding hydrogens is 655 g/mol. The lowest BCUT2D eigenvalue weighted by atomic mass is 9.86. The SMILES string of the molecule is O=S(=O)(OC1=C(Cl)C(Oc2ccccc2)C(=CC2CCCCC2)C=C1)OC1=C(Cl)C(Oc2ccccc2)C(=CC2CCCCC2)C=C1. The fourth-order valence-corrected chi connectivity index (χ4v) is 7.94. The van der Waals surface area contributed by atoms with Gasteiger partial charge in [-0.05, 0) is 85.1 Å². The minimum atomic E-state index is -4.67. The molecule has 0 saturated heterocycles. The highest BCUT2D eigenvalue weighted by atomic mass is 35.5. The van der Waals surface area contributed by atoms with Crippen LogP contribution in [-0.4, -0.2) is 20.6 Å². The number of allylic oxidation sites excluding steroid dienone is 4. The van der Waals surface area contributed by atoms with E-state index >= 15 is 0 Å². The Bertz CT molecular complexity index is 1560. The number of hydrogen-bond donors (Lipinski definition) is 0. The third-order valence-corrected chi connectivity index (χ3v) is 10.5. The molecule has 0 aromatic heterocycles. The predicted octanol–water partition coefficient (Wildman–Crippen LogP) is 10.2. The second-order valence-corrected chi connectivity index (χ2v) is 14.4. The van der Waals surface area contributed by atoms with Gasteiger partial charge in [-0.3, -0.25) is 0 Å². The van der Waals surface area contributed by atoms with Gasteiger partial charge in [0.25, 0.3) is 0 Å². The Balaban J connectivity index is 1.24. The number of para-hydroxylation sites is 2. The van der Waals surface area contributed by atoms with Crippen LogP contribution in [0.25, 0.3) is 0 Å². The van der Waals surface area contributed by atoms with Crippen LogP contribution in [0.5, 0.6) is 11.5 Å². The zero-order chi connectivity index (χ0) is 32.6. The largest absolute Gasteiger partial charge is 0.501 e. The van der Waals surface area contributed by atoms with E-state index in [0.29, 0.717) is 23.3 Å². The van der Waals surface area contributed by atoms with E-state index in [2.05, 4.69) is 12.2 Å². The van der Waals surface area contributed by atoms with Gasteiger partial charge in [-0.2, -0.15) is 0 Å². The molecule has 0 bridgehead atoms. The topological polar surface area (TPSA) is 71.1 Å². The van der Waals surface area contributed by atoms with E-state index in [-0.39, 0.29) is 21.6 Å². The van der Waals surface area contributed by atoms with Crippen LogP contribution in [0.15, 0.2) is 130 Å². The summed E-state index contributed by atoms with van der Waals surface area (Å²) in [5.41, 5.74) is 1.71. The monoisotopic (exact) mass is 694 g/mol. The summed E-state index contributed by atoms with van der Waals surface area (Å²) in [6.45, 7) is 0. The number of benzene rings is 2. The number of halogens is 2. The number of ether oxygens (including phenoxy) is 2. The fourth-order valence-electron chi connectivity index (χ4n) is 6.54. The second-order valence-electron chi connectivity index (χ2n) is 12.4. The zero-order valence-corrected chi connectivity index (χ0v) is 28.6. The molecule has 2 atom stereocenters. The first-order valence-electron chi connectivity index (χ1n) is 16.5. The minimum absolute atomic E-state index is 0.0835. The summed E-state index contributed by atoms with van der Waals surface area (Å²) >= 11 is 13.7. The average molecular weight is 696 g/mol. The van der Waals surface area contributed by atoms with Crippen molar-refractivity contribution in [2.45, 2.75) is 76.4 Å². The van der Waals surface area contributed by atoms with Crippen molar-refractivity contribution in [1.82, 2.24) is 0 Å². The van der Waals surface area contributed by atoms with Crippen LogP contribution in [-0.2, 0) is 18.8 Å².